The van der Waals surface area contributed by atoms with Gasteiger partial charge in [0.15, 0.2) is 0 Å². The molecular weight excluding hydrogens is 366 g/mol. The number of hydrogen-bond acceptors (Lipinski definition) is 2. The lowest BCUT2D eigenvalue weighted by Crippen LogP contribution is -2.25. The van der Waals surface area contributed by atoms with Crippen LogP contribution in [0.15, 0.2) is 78.5 Å². The molecule has 140 valence electrons. The number of para-hydroxylation sites is 1. The predicted molar refractivity (Wildman–Crippen MR) is 110 cm³/mol. The number of anilines is 1. The van der Waals surface area contributed by atoms with Crippen molar-refractivity contribution in [1.29, 1.82) is 5.26 Å². The zero-order chi connectivity index (χ0) is 20.0. The van der Waals surface area contributed by atoms with Gasteiger partial charge in [0.1, 0.15) is 11.6 Å². The number of nitrogens with zero attached hydrogens (tertiary/aromatic N) is 2. The monoisotopic (exact) mass is 382 g/mol. The molecule has 2 nitrogen and oxygen atoms in total. The van der Waals surface area contributed by atoms with E-state index in [1.165, 1.54) is 29.8 Å². The summed E-state index contributed by atoms with van der Waals surface area (Å²) >= 11 is 0. The molecule has 0 aromatic heterocycles. The molecule has 0 N–H and O–H groups in total. The molecule has 0 atom stereocenters. The number of nitriles is 1. The van der Waals surface area contributed by atoms with Gasteiger partial charge in [0.25, 0.3) is 0 Å². The molecule has 0 spiro atoms. The van der Waals surface area contributed by atoms with Crippen LogP contribution in [0.2, 0.25) is 0 Å². The van der Waals surface area contributed by atoms with Crippen molar-refractivity contribution in [2.45, 2.75) is 6.42 Å². The van der Waals surface area contributed by atoms with E-state index in [1.54, 1.807) is 30.3 Å². The van der Waals surface area contributed by atoms with E-state index >= 15 is 0 Å². The molecule has 2 aliphatic heterocycles. The van der Waals surface area contributed by atoms with Gasteiger partial charge in [-0.25, -0.2) is 8.78 Å². The maximum atomic E-state index is 13.6. The molecule has 3 aromatic carbocycles. The van der Waals surface area contributed by atoms with E-state index in [4.69, 9.17) is 0 Å². The van der Waals surface area contributed by atoms with Gasteiger partial charge in [-0.2, -0.15) is 5.26 Å². The van der Waals surface area contributed by atoms with Gasteiger partial charge < -0.3 is 4.90 Å². The summed E-state index contributed by atoms with van der Waals surface area (Å²) in [4.78, 5) is 2.17. The minimum atomic E-state index is -0.317. The van der Waals surface area contributed by atoms with Crippen LogP contribution in [0.5, 0.6) is 0 Å². The van der Waals surface area contributed by atoms with Crippen molar-refractivity contribution in [1.82, 2.24) is 0 Å². The molecule has 0 bridgehead atoms. The van der Waals surface area contributed by atoms with Crippen LogP contribution in [0.4, 0.5) is 14.5 Å². The lowest BCUT2D eigenvalue weighted by Gasteiger charge is -2.34. The van der Waals surface area contributed by atoms with Gasteiger partial charge in [0.2, 0.25) is 0 Å². The Labute approximate surface area is 167 Å². The van der Waals surface area contributed by atoms with Crippen molar-refractivity contribution < 1.29 is 8.78 Å². The van der Waals surface area contributed by atoms with Gasteiger partial charge in [-0.3, -0.25) is 0 Å². The second kappa shape index (κ2) is 6.72. The minimum Gasteiger partial charge on any atom is -0.339 e. The maximum absolute atomic E-state index is 13.6. The fourth-order valence-corrected chi connectivity index (χ4v) is 4.33. The Morgan fingerprint density at radius 2 is 1.45 bits per heavy atom. The smallest absolute Gasteiger partial charge is 0.123 e. The van der Waals surface area contributed by atoms with Gasteiger partial charge >= 0.3 is 0 Å². The topological polar surface area (TPSA) is 27.0 Å². The largest absolute Gasteiger partial charge is 0.339 e. The Morgan fingerprint density at radius 3 is 2.07 bits per heavy atom. The standard InChI is InChI=1S/C25H16F2N2/c26-19-8-4-16(5-9-19)23-21-3-1-2-18-13-15-29(25(18)21)22(12-14-28)24(23)17-6-10-20(27)11-7-17/h1-12H,13,15H2/b22-12+. The first-order valence-electron chi connectivity index (χ1n) is 9.43. The fraction of sp³-hybridized carbons (Fsp3) is 0.0800. The molecule has 2 heterocycles. The van der Waals surface area contributed by atoms with Gasteiger partial charge in [-0.05, 0) is 47.4 Å². The number of hydrogen-bond donors (Lipinski definition) is 0. The van der Waals surface area contributed by atoms with Crippen molar-refractivity contribution in [2.75, 3.05) is 11.4 Å². The molecule has 0 aliphatic carbocycles. The van der Waals surface area contributed by atoms with E-state index in [2.05, 4.69) is 23.1 Å². The first kappa shape index (κ1) is 17.4. The highest BCUT2D eigenvalue weighted by atomic mass is 19.1. The van der Waals surface area contributed by atoms with Gasteiger partial charge in [0, 0.05) is 29.3 Å². The average molecular weight is 382 g/mol. The van der Waals surface area contributed by atoms with E-state index in [9.17, 15) is 14.0 Å². The highest BCUT2D eigenvalue weighted by Crippen LogP contribution is 2.50. The molecule has 0 unspecified atom stereocenters. The first-order valence-corrected chi connectivity index (χ1v) is 9.43. The lowest BCUT2D eigenvalue weighted by molar-refractivity contribution is 0.627. The number of halogens is 2. The Balaban J connectivity index is 1.90. The van der Waals surface area contributed by atoms with Crippen LogP contribution < -0.4 is 4.90 Å². The van der Waals surface area contributed by atoms with E-state index in [0.717, 1.165) is 52.2 Å². The van der Waals surface area contributed by atoms with Gasteiger partial charge in [-0.1, -0.05) is 42.5 Å². The van der Waals surface area contributed by atoms with Crippen molar-refractivity contribution in [3.63, 3.8) is 0 Å². The Hall–Kier alpha value is -3.71. The molecule has 0 fully saturated rings. The van der Waals surface area contributed by atoms with Crippen LogP contribution in [0.3, 0.4) is 0 Å². The summed E-state index contributed by atoms with van der Waals surface area (Å²) < 4.78 is 27.2. The quantitative estimate of drug-likeness (QED) is 0.531. The molecule has 29 heavy (non-hydrogen) atoms. The third kappa shape index (κ3) is 2.75. The van der Waals surface area contributed by atoms with Crippen molar-refractivity contribution in [3.8, 4) is 6.07 Å². The maximum Gasteiger partial charge on any atom is 0.123 e. The Bertz CT molecular complexity index is 1210. The molecule has 0 saturated heterocycles. The summed E-state index contributed by atoms with van der Waals surface area (Å²) in [6.07, 6.45) is 2.44. The highest BCUT2D eigenvalue weighted by Gasteiger charge is 2.34. The lowest BCUT2D eigenvalue weighted by atomic mass is 9.83. The molecule has 5 rings (SSSR count). The van der Waals surface area contributed by atoms with Crippen LogP contribution in [-0.4, -0.2) is 6.54 Å². The first-order chi connectivity index (χ1) is 14.2. The summed E-state index contributed by atoms with van der Waals surface area (Å²) in [5, 5.41) is 9.51. The summed E-state index contributed by atoms with van der Waals surface area (Å²) in [5.74, 6) is -0.621. The summed E-state index contributed by atoms with van der Waals surface area (Å²) in [5.41, 5.74) is 7.60. The summed E-state index contributed by atoms with van der Waals surface area (Å²) in [6.45, 7) is 0.779. The second-order valence-electron chi connectivity index (χ2n) is 7.14. The zero-order valence-corrected chi connectivity index (χ0v) is 15.5. The number of benzene rings is 3. The average Bonchev–Trinajstić information content (AvgIpc) is 3.17. The van der Waals surface area contributed by atoms with Crippen molar-refractivity contribution in [2.24, 2.45) is 0 Å². The number of rotatable bonds is 2. The van der Waals surface area contributed by atoms with E-state index < -0.39 is 0 Å². The Morgan fingerprint density at radius 1 is 0.828 bits per heavy atom. The zero-order valence-electron chi connectivity index (χ0n) is 15.5. The summed E-state index contributed by atoms with van der Waals surface area (Å²) in [7, 11) is 0. The van der Waals surface area contributed by atoms with Crippen LogP contribution in [0.1, 0.15) is 22.3 Å². The molecule has 0 saturated carbocycles. The van der Waals surface area contributed by atoms with Crippen molar-refractivity contribution in [3.05, 3.63) is 112 Å². The molecule has 0 amide bonds. The molecular formula is C25H16F2N2. The summed E-state index contributed by atoms with van der Waals surface area (Å²) in [6, 6.07) is 21.0. The van der Waals surface area contributed by atoms with Crippen LogP contribution in [0.25, 0.3) is 11.1 Å². The van der Waals surface area contributed by atoms with Gasteiger partial charge in [0.05, 0.1) is 17.5 Å². The fourth-order valence-electron chi connectivity index (χ4n) is 4.33. The highest BCUT2D eigenvalue weighted by molar-refractivity contribution is 6.11. The minimum absolute atomic E-state index is 0.304. The van der Waals surface area contributed by atoms with E-state index in [-0.39, 0.29) is 11.6 Å². The SMILES string of the molecule is N#C/C=C1\C(c2ccc(F)cc2)=C(c2ccc(F)cc2)c2cccc3c2N1CC3. The Kier molecular flexibility index (Phi) is 4.03. The number of allylic oxidation sites excluding steroid dienone is 2. The van der Waals surface area contributed by atoms with Crippen LogP contribution >= 0.6 is 0 Å². The predicted octanol–water partition coefficient (Wildman–Crippen LogP) is 5.71. The third-order valence-electron chi connectivity index (χ3n) is 5.53. The molecule has 0 radical (unpaired) electrons. The van der Waals surface area contributed by atoms with E-state index in [1.807, 2.05) is 6.07 Å². The normalized spacial score (nSPS) is 16.2. The third-order valence-corrected chi connectivity index (χ3v) is 5.53. The van der Waals surface area contributed by atoms with Crippen LogP contribution in [-0.2, 0) is 6.42 Å². The second-order valence-corrected chi connectivity index (χ2v) is 7.14. The molecule has 2 aliphatic rings. The van der Waals surface area contributed by atoms with Crippen LogP contribution in [0, 0.1) is 23.0 Å². The van der Waals surface area contributed by atoms with E-state index in [0.29, 0.717) is 0 Å². The molecule has 3 aromatic rings. The molecule has 4 heteroatoms. The van der Waals surface area contributed by atoms with Crippen molar-refractivity contribution >= 4 is 16.8 Å². The van der Waals surface area contributed by atoms with Gasteiger partial charge in [-0.15, -0.1) is 0 Å².